The molecule has 66 heavy (non-hydrogen) atoms. The van der Waals surface area contributed by atoms with Crippen LogP contribution in [-0.2, 0) is 0 Å². The predicted octanol–water partition coefficient (Wildman–Crippen LogP) is 13.8. The van der Waals surface area contributed by atoms with Crippen LogP contribution < -0.4 is 5.32 Å². The third-order valence-corrected chi connectivity index (χ3v) is 12.6. The highest BCUT2D eigenvalue weighted by atomic mass is 15.4. The molecule has 1 atom stereocenters. The molecule has 0 aliphatic carbocycles. The lowest BCUT2D eigenvalue weighted by molar-refractivity contribution is 0.520. The largest absolute Gasteiger partial charge is 0.347 e. The predicted molar refractivity (Wildman–Crippen MR) is 266 cm³/mol. The molecule has 0 bridgehead atoms. The number of para-hydroxylation sites is 3. The van der Waals surface area contributed by atoms with Crippen LogP contribution in [-0.4, -0.2) is 34.1 Å². The quantitative estimate of drug-likeness (QED) is 0.172. The standard InChI is InChI=1S/C58H38N8/c1-5-17-37(18-6-1)48-35-50(61-55(59-48)39-21-9-3-10-22-39)41-29-31-52-44(33-41)45-34-42(51-36-49(38-19-7-2-8-20-38)60-56(62-51)40-23-11-4-12-24-40)30-32-53(45)65(52)58-64-46-26-14-13-25-43(46)57-63-47-27-15-16-28-54(47)66(57)58/h1-36,58,64H. The van der Waals surface area contributed by atoms with E-state index in [1.54, 1.807) is 0 Å². The Bertz CT molecular complexity index is 3490. The molecule has 0 amide bonds. The van der Waals surface area contributed by atoms with Gasteiger partial charge in [0.2, 0.25) is 0 Å². The maximum absolute atomic E-state index is 5.25. The molecule has 12 aromatic rings. The van der Waals surface area contributed by atoms with Gasteiger partial charge in [0.15, 0.2) is 17.9 Å². The second-order valence-electron chi connectivity index (χ2n) is 16.6. The third kappa shape index (κ3) is 6.34. The monoisotopic (exact) mass is 846 g/mol. The molecule has 8 heteroatoms. The van der Waals surface area contributed by atoms with Gasteiger partial charge in [0.05, 0.1) is 44.8 Å². The minimum absolute atomic E-state index is 0.346. The van der Waals surface area contributed by atoms with E-state index < -0.39 is 0 Å². The van der Waals surface area contributed by atoms with Crippen LogP contribution in [0.5, 0.6) is 0 Å². The van der Waals surface area contributed by atoms with Gasteiger partial charge in [-0.15, -0.1) is 0 Å². The lowest BCUT2D eigenvalue weighted by Crippen LogP contribution is -2.29. The van der Waals surface area contributed by atoms with E-state index in [1.807, 2.05) is 72.8 Å². The highest BCUT2D eigenvalue weighted by molar-refractivity contribution is 6.11. The van der Waals surface area contributed by atoms with Gasteiger partial charge in [0.1, 0.15) is 5.82 Å². The van der Waals surface area contributed by atoms with E-state index in [1.165, 1.54) is 0 Å². The first kappa shape index (κ1) is 37.5. The smallest absolute Gasteiger partial charge is 0.188 e. The lowest BCUT2D eigenvalue weighted by atomic mass is 10.0. The molecule has 8 aromatic carbocycles. The van der Waals surface area contributed by atoms with Gasteiger partial charge in [-0.2, -0.15) is 0 Å². The van der Waals surface area contributed by atoms with Crippen molar-refractivity contribution in [3.63, 3.8) is 0 Å². The summed E-state index contributed by atoms with van der Waals surface area (Å²) < 4.78 is 4.76. The van der Waals surface area contributed by atoms with Crippen molar-refractivity contribution in [1.29, 1.82) is 0 Å². The van der Waals surface area contributed by atoms with Crippen molar-refractivity contribution < 1.29 is 0 Å². The second kappa shape index (κ2) is 15.4. The van der Waals surface area contributed by atoms with Crippen molar-refractivity contribution in [3.05, 3.63) is 218 Å². The molecule has 0 spiro atoms. The normalized spacial score (nSPS) is 13.1. The summed E-state index contributed by atoms with van der Waals surface area (Å²) in [5.74, 6) is 2.27. The fraction of sp³-hybridized carbons (Fsp3) is 0.0172. The first-order chi connectivity index (χ1) is 32.7. The van der Waals surface area contributed by atoms with E-state index in [4.69, 9.17) is 24.9 Å². The van der Waals surface area contributed by atoms with E-state index >= 15 is 0 Å². The Hall–Kier alpha value is -9.01. The average molecular weight is 847 g/mol. The highest BCUT2D eigenvalue weighted by Gasteiger charge is 2.31. The van der Waals surface area contributed by atoms with Crippen molar-refractivity contribution in [1.82, 2.24) is 34.1 Å². The number of rotatable bonds is 7. The molecule has 5 heterocycles. The van der Waals surface area contributed by atoms with Gasteiger partial charge >= 0.3 is 0 Å². The van der Waals surface area contributed by atoms with E-state index in [-0.39, 0.29) is 6.29 Å². The van der Waals surface area contributed by atoms with Gasteiger partial charge in [0.25, 0.3) is 0 Å². The number of hydrogen-bond donors (Lipinski definition) is 1. The van der Waals surface area contributed by atoms with E-state index in [0.29, 0.717) is 11.6 Å². The number of benzene rings is 8. The van der Waals surface area contributed by atoms with Crippen molar-refractivity contribution in [2.45, 2.75) is 6.29 Å². The van der Waals surface area contributed by atoms with Crippen LogP contribution in [0.25, 0.3) is 112 Å². The summed E-state index contributed by atoms with van der Waals surface area (Å²) in [6.45, 7) is 0. The maximum Gasteiger partial charge on any atom is 0.188 e. The average Bonchev–Trinajstić information content (AvgIpc) is 3.95. The summed E-state index contributed by atoms with van der Waals surface area (Å²) >= 11 is 0. The van der Waals surface area contributed by atoms with Crippen LogP contribution in [0.3, 0.4) is 0 Å². The Balaban J connectivity index is 1.06. The molecule has 4 aromatic heterocycles. The third-order valence-electron chi connectivity index (χ3n) is 12.6. The molecule has 1 aliphatic rings. The van der Waals surface area contributed by atoms with Gasteiger partial charge in [-0.25, -0.2) is 24.9 Å². The number of imidazole rings is 1. The molecular formula is C58H38N8. The van der Waals surface area contributed by atoms with Gasteiger partial charge in [-0.1, -0.05) is 158 Å². The summed E-state index contributed by atoms with van der Waals surface area (Å²) in [4.78, 5) is 25.9. The van der Waals surface area contributed by atoms with Crippen LogP contribution in [0.4, 0.5) is 5.69 Å². The molecule has 1 aliphatic heterocycles. The van der Waals surface area contributed by atoms with Crippen molar-refractivity contribution in [2.24, 2.45) is 0 Å². The molecule has 0 radical (unpaired) electrons. The Morgan fingerprint density at radius 1 is 0.333 bits per heavy atom. The van der Waals surface area contributed by atoms with Gasteiger partial charge in [-0.05, 0) is 60.7 Å². The summed E-state index contributed by atoms with van der Waals surface area (Å²) in [5, 5.41) is 6.12. The molecule has 0 fully saturated rings. The first-order valence-corrected chi connectivity index (χ1v) is 22.1. The number of nitrogens with one attached hydrogen (secondary N) is 1. The van der Waals surface area contributed by atoms with Crippen LogP contribution >= 0.6 is 0 Å². The number of fused-ring (bicyclic) bond motifs is 8. The van der Waals surface area contributed by atoms with Crippen molar-refractivity contribution in [2.75, 3.05) is 5.32 Å². The van der Waals surface area contributed by atoms with Crippen LogP contribution in [0.1, 0.15) is 6.29 Å². The Kier molecular flexibility index (Phi) is 8.74. The fourth-order valence-corrected chi connectivity index (χ4v) is 9.44. The minimum Gasteiger partial charge on any atom is -0.347 e. The summed E-state index contributed by atoms with van der Waals surface area (Å²) in [6, 6.07) is 75.6. The van der Waals surface area contributed by atoms with Gasteiger partial charge in [-0.3, -0.25) is 4.57 Å². The highest BCUT2D eigenvalue weighted by Crippen LogP contribution is 2.44. The van der Waals surface area contributed by atoms with Crippen molar-refractivity contribution >= 4 is 38.5 Å². The van der Waals surface area contributed by atoms with Crippen molar-refractivity contribution in [3.8, 4) is 79.2 Å². The molecular weight excluding hydrogens is 809 g/mol. The van der Waals surface area contributed by atoms with Gasteiger partial charge in [0, 0.05) is 55.4 Å². The SMILES string of the molecule is c1ccc(-c2cc(-c3ccc4c(c3)c3cc(-c5cc(-c6ccccc6)nc(-c6ccccc6)n5)ccc3n4C3Nc4ccccc4-c4nc5ccccc5n43)nc(-c3ccccc3)n2)cc1. The summed E-state index contributed by atoms with van der Waals surface area (Å²) in [6.07, 6.45) is -0.346. The Morgan fingerprint density at radius 2 is 0.773 bits per heavy atom. The van der Waals surface area contributed by atoms with E-state index in [9.17, 15) is 0 Å². The topological polar surface area (TPSA) is 86.3 Å². The van der Waals surface area contributed by atoms with E-state index in [2.05, 4.69) is 160 Å². The fourth-order valence-electron chi connectivity index (χ4n) is 9.44. The van der Waals surface area contributed by atoms with Gasteiger partial charge < -0.3 is 9.88 Å². The van der Waals surface area contributed by atoms with Crippen LogP contribution in [0.15, 0.2) is 218 Å². The second-order valence-corrected chi connectivity index (χ2v) is 16.6. The minimum atomic E-state index is -0.346. The molecule has 310 valence electrons. The molecule has 0 saturated carbocycles. The summed E-state index contributed by atoms with van der Waals surface area (Å²) in [5.41, 5.74) is 15.6. The summed E-state index contributed by atoms with van der Waals surface area (Å²) in [7, 11) is 0. The molecule has 1 unspecified atom stereocenters. The number of nitrogens with zero attached hydrogens (tertiary/aromatic N) is 7. The molecule has 8 nitrogen and oxygen atoms in total. The number of hydrogen-bond acceptors (Lipinski definition) is 6. The molecule has 13 rings (SSSR count). The van der Waals surface area contributed by atoms with E-state index in [0.717, 1.165) is 106 Å². The lowest BCUT2D eigenvalue weighted by Gasteiger charge is -2.32. The zero-order valence-corrected chi connectivity index (χ0v) is 35.5. The van der Waals surface area contributed by atoms with Crippen LogP contribution in [0, 0.1) is 0 Å². The zero-order chi connectivity index (χ0) is 43.6. The Labute approximate surface area is 380 Å². The zero-order valence-electron chi connectivity index (χ0n) is 35.5. The Morgan fingerprint density at radius 3 is 1.30 bits per heavy atom. The molecule has 1 N–H and O–H groups in total. The maximum atomic E-state index is 5.25. The number of anilines is 1. The number of aromatic nitrogens is 7. The van der Waals surface area contributed by atoms with Crippen LogP contribution in [0.2, 0.25) is 0 Å². The first-order valence-electron chi connectivity index (χ1n) is 22.1. The molecule has 0 saturated heterocycles.